The van der Waals surface area contributed by atoms with Gasteiger partial charge in [0.25, 0.3) is 0 Å². The predicted molar refractivity (Wildman–Crippen MR) is 124 cm³/mol. The Kier molecular flexibility index (Phi) is 6.18. The lowest BCUT2D eigenvalue weighted by atomic mass is 10.1. The molecule has 0 unspecified atom stereocenters. The summed E-state index contributed by atoms with van der Waals surface area (Å²) >= 11 is 0. The Hall–Kier alpha value is -3.07. The highest BCUT2D eigenvalue weighted by molar-refractivity contribution is 5.76. The number of para-hydroxylation sites is 2. The fraction of sp³-hybridized carbons (Fsp3) is 0.296. The number of rotatable bonds is 8. The summed E-state index contributed by atoms with van der Waals surface area (Å²) in [5.74, 6) is 2.10. The van der Waals surface area contributed by atoms with Gasteiger partial charge in [0.15, 0.2) is 0 Å². The molecule has 0 atom stereocenters. The van der Waals surface area contributed by atoms with E-state index in [1.54, 1.807) is 0 Å². The maximum Gasteiger partial charge on any atom is 0.119 e. The first-order valence-corrected chi connectivity index (χ1v) is 10.8. The van der Waals surface area contributed by atoms with Crippen molar-refractivity contribution < 1.29 is 4.74 Å². The number of unbranched alkanes of at least 4 members (excludes halogenated alkanes) is 1. The molecule has 1 heterocycles. The lowest BCUT2D eigenvalue weighted by molar-refractivity contribution is 0.303. The lowest BCUT2D eigenvalue weighted by Crippen LogP contribution is -2.07. The van der Waals surface area contributed by atoms with Crippen LogP contribution >= 0.6 is 0 Å². The molecule has 0 N–H and O–H groups in total. The van der Waals surface area contributed by atoms with Crippen LogP contribution < -0.4 is 4.74 Å². The molecular formula is C27H30N2O. The third-order valence-corrected chi connectivity index (χ3v) is 5.87. The van der Waals surface area contributed by atoms with Gasteiger partial charge in [0, 0.05) is 13.0 Å². The first-order chi connectivity index (χ1) is 14.6. The minimum absolute atomic E-state index is 0.738. The fourth-order valence-corrected chi connectivity index (χ4v) is 3.85. The summed E-state index contributed by atoms with van der Waals surface area (Å²) in [6.45, 7) is 8.12. The van der Waals surface area contributed by atoms with Crippen molar-refractivity contribution in [2.24, 2.45) is 0 Å². The topological polar surface area (TPSA) is 27.1 Å². The van der Waals surface area contributed by atoms with Crippen LogP contribution in [0.25, 0.3) is 11.0 Å². The van der Waals surface area contributed by atoms with Crippen LogP contribution in [0.3, 0.4) is 0 Å². The summed E-state index contributed by atoms with van der Waals surface area (Å²) in [5.41, 5.74) is 7.53. The van der Waals surface area contributed by atoms with Gasteiger partial charge in [0.1, 0.15) is 11.6 Å². The van der Waals surface area contributed by atoms with Gasteiger partial charge in [-0.05, 0) is 80.1 Å². The number of ether oxygens (including phenoxy) is 1. The van der Waals surface area contributed by atoms with Crippen LogP contribution in [0, 0.1) is 20.8 Å². The average molecular weight is 399 g/mol. The monoisotopic (exact) mass is 398 g/mol. The van der Waals surface area contributed by atoms with Crippen molar-refractivity contribution in [1.82, 2.24) is 9.55 Å². The summed E-state index contributed by atoms with van der Waals surface area (Å²) in [6, 6.07) is 23.3. The third-order valence-electron chi connectivity index (χ3n) is 5.87. The molecule has 0 radical (unpaired) electrons. The van der Waals surface area contributed by atoms with E-state index in [0.29, 0.717) is 0 Å². The molecular weight excluding hydrogens is 368 g/mol. The van der Waals surface area contributed by atoms with Crippen molar-refractivity contribution in [3.63, 3.8) is 0 Å². The molecule has 0 amide bonds. The fourth-order valence-electron chi connectivity index (χ4n) is 3.85. The van der Waals surface area contributed by atoms with Gasteiger partial charge in [-0.1, -0.05) is 42.5 Å². The van der Waals surface area contributed by atoms with E-state index in [9.17, 15) is 0 Å². The zero-order valence-electron chi connectivity index (χ0n) is 18.2. The van der Waals surface area contributed by atoms with Crippen LogP contribution in [0.1, 0.15) is 40.9 Å². The maximum atomic E-state index is 5.97. The van der Waals surface area contributed by atoms with Crippen molar-refractivity contribution in [3.05, 3.63) is 94.8 Å². The van der Waals surface area contributed by atoms with E-state index in [-0.39, 0.29) is 0 Å². The summed E-state index contributed by atoms with van der Waals surface area (Å²) in [5, 5.41) is 0. The molecule has 154 valence electrons. The van der Waals surface area contributed by atoms with Gasteiger partial charge in [-0.25, -0.2) is 4.98 Å². The van der Waals surface area contributed by atoms with Crippen molar-refractivity contribution in [1.29, 1.82) is 0 Å². The SMILES string of the molecule is Cc1ccc(OCCCCn2c(Cc3ccccc3C)nc3ccccc32)cc1C. The van der Waals surface area contributed by atoms with E-state index >= 15 is 0 Å². The molecule has 3 aromatic carbocycles. The quantitative estimate of drug-likeness (QED) is 0.321. The molecule has 4 aromatic rings. The number of hydrogen-bond donors (Lipinski definition) is 0. The molecule has 0 bridgehead atoms. The first kappa shape index (κ1) is 20.2. The second-order valence-electron chi connectivity index (χ2n) is 8.07. The molecule has 0 saturated carbocycles. The average Bonchev–Trinajstić information content (AvgIpc) is 3.09. The second-order valence-corrected chi connectivity index (χ2v) is 8.07. The van der Waals surface area contributed by atoms with Crippen molar-refractivity contribution in [3.8, 4) is 5.75 Å². The molecule has 1 aromatic heterocycles. The number of aryl methyl sites for hydroxylation is 4. The van der Waals surface area contributed by atoms with Gasteiger partial charge < -0.3 is 9.30 Å². The number of aromatic nitrogens is 2. The van der Waals surface area contributed by atoms with Crippen LogP contribution in [0.2, 0.25) is 0 Å². The van der Waals surface area contributed by atoms with Crippen LogP contribution in [-0.2, 0) is 13.0 Å². The van der Waals surface area contributed by atoms with E-state index in [2.05, 4.69) is 92.1 Å². The minimum Gasteiger partial charge on any atom is -0.494 e. The Labute approximate surface area is 179 Å². The zero-order chi connectivity index (χ0) is 20.9. The van der Waals surface area contributed by atoms with Gasteiger partial charge in [0.2, 0.25) is 0 Å². The van der Waals surface area contributed by atoms with Crippen LogP contribution in [0.4, 0.5) is 0 Å². The normalized spacial score (nSPS) is 11.2. The summed E-state index contributed by atoms with van der Waals surface area (Å²) in [6.07, 6.45) is 2.94. The Balaban J connectivity index is 1.42. The van der Waals surface area contributed by atoms with E-state index < -0.39 is 0 Å². The van der Waals surface area contributed by atoms with Crippen molar-refractivity contribution >= 4 is 11.0 Å². The predicted octanol–water partition coefficient (Wildman–Crippen LogP) is 6.41. The van der Waals surface area contributed by atoms with Crippen molar-refractivity contribution in [2.45, 2.75) is 46.6 Å². The van der Waals surface area contributed by atoms with Gasteiger partial charge in [-0.3, -0.25) is 0 Å². The highest BCUT2D eigenvalue weighted by Crippen LogP contribution is 2.21. The molecule has 30 heavy (non-hydrogen) atoms. The zero-order valence-corrected chi connectivity index (χ0v) is 18.2. The molecule has 0 aliphatic heterocycles. The summed E-state index contributed by atoms with van der Waals surface area (Å²) in [7, 11) is 0. The molecule has 4 rings (SSSR count). The highest BCUT2D eigenvalue weighted by atomic mass is 16.5. The number of hydrogen-bond acceptors (Lipinski definition) is 2. The van der Waals surface area contributed by atoms with Gasteiger partial charge in [0.05, 0.1) is 17.6 Å². The third kappa shape index (κ3) is 4.56. The van der Waals surface area contributed by atoms with Gasteiger partial charge in [-0.2, -0.15) is 0 Å². The van der Waals surface area contributed by atoms with Gasteiger partial charge in [-0.15, -0.1) is 0 Å². The van der Waals surface area contributed by atoms with E-state index in [1.807, 2.05) is 0 Å². The van der Waals surface area contributed by atoms with Crippen LogP contribution in [0.15, 0.2) is 66.7 Å². The smallest absolute Gasteiger partial charge is 0.119 e. The Morgan fingerprint density at radius 1 is 0.800 bits per heavy atom. The lowest BCUT2D eigenvalue weighted by Gasteiger charge is -2.12. The summed E-state index contributed by atoms with van der Waals surface area (Å²) in [4.78, 5) is 4.95. The van der Waals surface area contributed by atoms with Crippen molar-refractivity contribution in [2.75, 3.05) is 6.61 Å². The molecule has 3 nitrogen and oxygen atoms in total. The molecule has 0 aliphatic rings. The Morgan fingerprint density at radius 3 is 2.43 bits per heavy atom. The molecule has 0 spiro atoms. The molecule has 3 heteroatoms. The molecule has 0 saturated heterocycles. The van der Waals surface area contributed by atoms with Crippen LogP contribution in [0.5, 0.6) is 5.75 Å². The molecule has 0 fully saturated rings. The van der Waals surface area contributed by atoms with Gasteiger partial charge >= 0.3 is 0 Å². The number of imidazole rings is 1. The summed E-state index contributed by atoms with van der Waals surface area (Å²) < 4.78 is 8.35. The largest absolute Gasteiger partial charge is 0.494 e. The van der Waals surface area contributed by atoms with Crippen LogP contribution in [-0.4, -0.2) is 16.2 Å². The van der Waals surface area contributed by atoms with E-state index in [0.717, 1.165) is 49.5 Å². The Bertz CT molecular complexity index is 1140. The molecule has 0 aliphatic carbocycles. The minimum atomic E-state index is 0.738. The van der Waals surface area contributed by atoms with E-state index in [4.69, 9.17) is 9.72 Å². The second kappa shape index (κ2) is 9.17. The van der Waals surface area contributed by atoms with E-state index in [1.165, 1.54) is 27.8 Å². The Morgan fingerprint density at radius 2 is 1.60 bits per heavy atom. The number of nitrogens with zero attached hydrogens (tertiary/aromatic N) is 2. The maximum absolute atomic E-state index is 5.97. The highest BCUT2D eigenvalue weighted by Gasteiger charge is 2.12. The number of benzene rings is 3. The number of fused-ring (bicyclic) bond motifs is 1. The standard InChI is InChI=1S/C27H30N2O/c1-20-14-15-24(18-22(20)3)30-17-9-8-16-29-26-13-7-6-12-25(26)28-27(29)19-23-11-5-4-10-21(23)2/h4-7,10-15,18H,8-9,16-17,19H2,1-3H3. The first-order valence-electron chi connectivity index (χ1n) is 10.8.